The number of carbonyl (C=O) groups is 2. The van der Waals surface area contributed by atoms with Gasteiger partial charge in [-0.2, -0.15) is 0 Å². The molecule has 37 heavy (non-hydrogen) atoms. The zero-order chi connectivity index (χ0) is 25.3. The molecule has 2 aliphatic heterocycles. The second kappa shape index (κ2) is 11.7. The highest BCUT2D eigenvalue weighted by molar-refractivity contribution is 7.20. The summed E-state index contributed by atoms with van der Waals surface area (Å²) in [6.07, 6.45) is 5.67. The second-order valence-electron chi connectivity index (χ2n) is 9.97. The first-order valence-electron chi connectivity index (χ1n) is 12.5. The van der Waals surface area contributed by atoms with Gasteiger partial charge in [-0.25, -0.2) is 0 Å². The van der Waals surface area contributed by atoms with Crippen molar-refractivity contribution in [1.82, 2.24) is 25.0 Å². The van der Waals surface area contributed by atoms with Crippen LogP contribution < -0.4 is 5.32 Å². The van der Waals surface area contributed by atoms with E-state index in [1.54, 1.807) is 31.5 Å². The molecule has 2 amide bonds. The zero-order valence-corrected chi connectivity index (χ0v) is 23.5. The number of rotatable bonds is 5. The van der Waals surface area contributed by atoms with Crippen molar-refractivity contribution in [3.8, 4) is 0 Å². The lowest BCUT2D eigenvalue weighted by Crippen LogP contribution is -2.60. The summed E-state index contributed by atoms with van der Waals surface area (Å²) in [6.45, 7) is 7.08. The van der Waals surface area contributed by atoms with E-state index in [9.17, 15) is 9.59 Å². The molecule has 1 atom stereocenters. The van der Waals surface area contributed by atoms with Gasteiger partial charge in [0.2, 0.25) is 0 Å². The third-order valence-electron chi connectivity index (χ3n) is 7.56. The molecule has 7 nitrogen and oxygen atoms in total. The summed E-state index contributed by atoms with van der Waals surface area (Å²) in [5, 5.41) is 4.67. The van der Waals surface area contributed by atoms with E-state index >= 15 is 0 Å². The normalized spacial score (nSPS) is 19.3. The van der Waals surface area contributed by atoms with Crippen molar-refractivity contribution >= 4 is 57.2 Å². The molecular weight excluding hydrogens is 529 g/mol. The largest absolute Gasteiger partial charge is 0.338 e. The smallest absolute Gasteiger partial charge is 0.262 e. The van der Waals surface area contributed by atoms with Crippen LogP contribution in [0.15, 0.2) is 48.8 Å². The predicted octanol–water partition coefficient (Wildman–Crippen LogP) is 4.26. The number of halogens is 2. The number of hydrogen-bond acceptors (Lipinski definition) is 6. The van der Waals surface area contributed by atoms with Crippen LogP contribution in [0.2, 0.25) is 5.02 Å². The Morgan fingerprint density at radius 2 is 1.70 bits per heavy atom. The lowest BCUT2D eigenvalue weighted by Gasteiger charge is -2.44. The fourth-order valence-corrected chi connectivity index (χ4v) is 6.54. The molecule has 2 fully saturated rings. The van der Waals surface area contributed by atoms with E-state index in [1.807, 2.05) is 29.2 Å². The van der Waals surface area contributed by atoms with Crippen LogP contribution in [0.5, 0.6) is 0 Å². The average Bonchev–Trinajstić information content (AvgIpc) is 3.33. The van der Waals surface area contributed by atoms with Gasteiger partial charge in [0.15, 0.2) is 0 Å². The average molecular weight is 563 g/mol. The first kappa shape index (κ1) is 27.8. The van der Waals surface area contributed by atoms with Gasteiger partial charge in [0.25, 0.3) is 11.8 Å². The Morgan fingerprint density at radius 3 is 2.38 bits per heavy atom. The number of likely N-dealkylation sites (tertiary alicyclic amines) is 1. The number of pyridine rings is 1. The Labute approximate surface area is 233 Å². The Bertz CT molecular complexity index is 1240. The minimum Gasteiger partial charge on any atom is -0.338 e. The van der Waals surface area contributed by atoms with Crippen molar-refractivity contribution < 1.29 is 9.59 Å². The van der Waals surface area contributed by atoms with Gasteiger partial charge in [-0.15, -0.1) is 23.7 Å². The van der Waals surface area contributed by atoms with Gasteiger partial charge in [-0.1, -0.05) is 17.7 Å². The standard InChI is InChI=1S/C27H32ClN5O2S.ClH/c1-27(20-5-9-29-10-6-20,30-25(34)24-17-19-3-4-21(28)18-23(19)36-24)26(35)33-15-13-32(14-16-33)22-7-11-31(2)12-8-22;/h3-6,9-10,17-18,22H,7-8,11-16H2,1-2H3,(H,30,34);1H/t27-;/m0./s1. The minimum atomic E-state index is -1.20. The number of aromatic nitrogens is 1. The fraction of sp³-hybridized carbons (Fsp3) is 0.444. The molecule has 2 aromatic heterocycles. The van der Waals surface area contributed by atoms with Gasteiger partial charge >= 0.3 is 0 Å². The Hall–Kier alpha value is -2.23. The monoisotopic (exact) mass is 561 g/mol. The molecule has 2 aliphatic rings. The van der Waals surface area contributed by atoms with Gasteiger partial charge in [-0.3, -0.25) is 19.5 Å². The van der Waals surface area contributed by atoms with E-state index in [4.69, 9.17) is 11.6 Å². The molecule has 0 aliphatic carbocycles. The maximum atomic E-state index is 14.0. The van der Waals surface area contributed by atoms with Crippen molar-refractivity contribution in [3.63, 3.8) is 0 Å². The molecule has 0 unspecified atom stereocenters. The summed E-state index contributed by atoms with van der Waals surface area (Å²) in [7, 11) is 2.18. The van der Waals surface area contributed by atoms with Crippen LogP contribution in [-0.2, 0) is 10.3 Å². The molecule has 0 spiro atoms. The predicted molar refractivity (Wildman–Crippen MR) is 152 cm³/mol. The lowest BCUT2D eigenvalue weighted by atomic mass is 9.90. The first-order valence-corrected chi connectivity index (χ1v) is 13.7. The molecule has 0 bridgehead atoms. The number of thiophene rings is 1. The van der Waals surface area contributed by atoms with E-state index in [0.29, 0.717) is 29.0 Å². The van der Waals surface area contributed by atoms with E-state index < -0.39 is 5.54 Å². The molecule has 198 valence electrons. The quantitative estimate of drug-likeness (QED) is 0.504. The van der Waals surface area contributed by atoms with Crippen LogP contribution in [0.3, 0.4) is 0 Å². The number of benzene rings is 1. The number of hydrogen-bond donors (Lipinski definition) is 1. The number of piperazine rings is 1. The Balaban J connectivity index is 0.00000320. The van der Waals surface area contributed by atoms with E-state index in [1.165, 1.54) is 24.2 Å². The summed E-state index contributed by atoms with van der Waals surface area (Å²) in [4.78, 5) is 38.9. The topological polar surface area (TPSA) is 68.8 Å². The summed E-state index contributed by atoms with van der Waals surface area (Å²) in [5.74, 6) is -0.362. The highest BCUT2D eigenvalue weighted by atomic mass is 35.5. The van der Waals surface area contributed by atoms with Gasteiger partial charge in [0, 0.05) is 54.3 Å². The molecule has 5 rings (SSSR count). The molecule has 3 aromatic rings. The summed E-state index contributed by atoms with van der Waals surface area (Å²) in [6, 6.07) is 11.6. The van der Waals surface area contributed by atoms with Gasteiger partial charge in [0.1, 0.15) is 5.54 Å². The maximum Gasteiger partial charge on any atom is 0.262 e. The van der Waals surface area contributed by atoms with Crippen molar-refractivity contribution in [2.75, 3.05) is 46.3 Å². The molecule has 0 saturated carbocycles. The van der Waals surface area contributed by atoms with Crippen LogP contribution in [-0.4, -0.2) is 83.9 Å². The lowest BCUT2D eigenvalue weighted by molar-refractivity contribution is -0.140. The molecular formula is C27H33Cl2N5O2S. The van der Waals surface area contributed by atoms with Crippen molar-refractivity contribution in [2.45, 2.75) is 31.3 Å². The number of fused-ring (bicyclic) bond motifs is 1. The maximum absolute atomic E-state index is 14.0. The van der Waals surface area contributed by atoms with Crippen LogP contribution in [0.25, 0.3) is 10.1 Å². The van der Waals surface area contributed by atoms with Crippen LogP contribution in [0.1, 0.15) is 35.0 Å². The third-order valence-corrected chi connectivity index (χ3v) is 8.89. The summed E-state index contributed by atoms with van der Waals surface area (Å²) >= 11 is 7.51. The van der Waals surface area contributed by atoms with Gasteiger partial charge in [0.05, 0.1) is 4.88 Å². The van der Waals surface area contributed by atoms with Crippen molar-refractivity contribution in [2.24, 2.45) is 0 Å². The number of nitrogens with zero attached hydrogens (tertiary/aromatic N) is 4. The van der Waals surface area contributed by atoms with Gasteiger partial charge < -0.3 is 15.1 Å². The summed E-state index contributed by atoms with van der Waals surface area (Å²) in [5.41, 5.74) is -0.485. The van der Waals surface area contributed by atoms with E-state index in [0.717, 1.165) is 41.8 Å². The molecule has 1 N–H and O–H groups in total. The molecule has 0 radical (unpaired) electrons. The fourth-order valence-electron chi connectivity index (χ4n) is 5.31. The highest BCUT2D eigenvalue weighted by Crippen LogP contribution is 2.30. The Kier molecular flexibility index (Phi) is 8.76. The van der Waals surface area contributed by atoms with E-state index in [-0.39, 0.29) is 24.2 Å². The summed E-state index contributed by atoms with van der Waals surface area (Å²) < 4.78 is 0.939. The number of piperidine rings is 1. The SMILES string of the molecule is CN1CCC(N2CCN(C(=O)[C@@](C)(NC(=O)c3cc4ccc(Cl)cc4s3)c3ccncc3)CC2)CC1.Cl. The number of carbonyl (C=O) groups excluding carboxylic acids is 2. The van der Waals surface area contributed by atoms with Crippen LogP contribution in [0, 0.1) is 0 Å². The van der Waals surface area contributed by atoms with Crippen LogP contribution in [0.4, 0.5) is 0 Å². The molecule has 4 heterocycles. The van der Waals surface area contributed by atoms with Crippen molar-refractivity contribution in [3.05, 3.63) is 64.3 Å². The highest BCUT2D eigenvalue weighted by Gasteiger charge is 2.41. The van der Waals surface area contributed by atoms with Crippen molar-refractivity contribution in [1.29, 1.82) is 0 Å². The first-order chi connectivity index (χ1) is 17.3. The third kappa shape index (κ3) is 5.94. The van der Waals surface area contributed by atoms with Crippen LogP contribution >= 0.6 is 35.3 Å². The zero-order valence-electron chi connectivity index (χ0n) is 21.2. The Morgan fingerprint density at radius 1 is 1.03 bits per heavy atom. The minimum absolute atomic E-state index is 0. The number of amides is 2. The molecule has 1 aromatic carbocycles. The van der Waals surface area contributed by atoms with Gasteiger partial charge in [-0.05, 0) is 81.2 Å². The second-order valence-corrected chi connectivity index (χ2v) is 11.5. The molecule has 2 saturated heterocycles. The molecule has 10 heteroatoms. The number of nitrogens with one attached hydrogen (secondary N) is 1. The van der Waals surface area contributed by atoms with E-state index in [2.05, 4.69) is 27.1 Å².